The van der Waals surface area contributed by atoms with Crippen molar-refractivity contribution in [3.8, 4) is 0 Å². The number of likely N-dealkylation sites (tertiary alicyclic amines) is 1. The van der Waals surface area contributed by atoms with Crippen LogP contribution >= 0.6 is 0 Å². The topological polar surface area (TPSA) is 9.72 Å². The Labute approximate surface area is 125 Å². The van der Waals surface area contributed by atoms with Crippen molar-refractivity contribution in [1.29, 1.82) is 0 Å². The second-order valence-corrected chi connectivity index (χ2v) is 7.03. The molecule has 116 valence electrons. The molecular weight excluding hydrogens is 246 g/mol. The Morgan fingerprint density at radius 2 is 1.15 bits per heavy atom. The Morgan fingerprint density at radius 1 is 0.650 bits per heavy atom. The quantitative estimate of drug-likeness (QED) is 0.785. The molecule has 3 heteroatoms. The molecule has 0 amide bonds. The van der Waals surface area contributed by atoms with Crippen LogP contribution < -0.4 is 0 Å². The summed E-state index contributed by atoms with van der Waals surface area (Å²) >= 11 is 0. The lowest BCUT2D eigenvalue weighted by Crippen LogP contribution is -2.55. The van der Waals surface area contributed by atoms with E-state index in [9.17, 15) is 0 Å². The third-order valence-corrected chi connectivity index (χ3v) is 5.96. The molecular formula is C17H33N3. The largest absolute Gasteiger partial charge is 0.303 e. The summed E-state index contributed by atoms with van der Waals surface area (Å²) in [5, 5.41) is 0. The van der Waals surface area contributed by atoms with Crippen LogP contribution in [0.25, 0.3) is 0 Å². The zero-order valence-electron chi connectivity index (χ0n) is 13.4. The SMILES string of the molecule is CCN1CCC(N2CCN(C3CCCCC3)CC2)CC1. The summed E-state index contributed by atoms with van der Waals surface area (Å²) in [6, 6.07) is 1.80. The summed E-state index contributed by atoms with van der Waals surface area (Å²) in [4.78, 5) is 8.21. The van der Waals surface area contributed by atoms with Gasteiger partial charge in [-0.05, 0) is 45.3 Å². The average Bonchev–Trinajstić information content (AvgIpc) is 2.56. The molecule has 1 aliphatic carbocycles. The fourth-order valence-electron chi connectivity index (χ4n) is 4.51. The normalized spacial score (nSPS) is 29.9. The minimum absolute atomic E-state index is 0.881. The van der Waals surface area contributed by atoms with Gasteiger partial charge in [-0.15, -0.1) is 0 Å². The Kier molecular flexibility index (Phi) is 5.36. The zero-order chi connectivity index (χ0) is 13.8. The fraction of sp³-hybridized carbons (Fsp3) is 1.00. The predicted molar refractivity (Wildman–Crippen MR) is 85.2 cm³/mol. The van der Waals surface area contributed by atoms with Gasteiger partial charge < -0.3 is 4.90 Å². The molecule has 0 aromatic rings. The van der Waals surface area contributed by atoms with Crippen LogP contribution in [0, 0.1) is 0 Å². The van der Waals surface area contributed by atoms with E-state index in [4.69, 9.17) is 0 Å². The van der Waals surface area contributed by atoms with Gasteiger partial charge in [0.15, 0.2) is 0 Å². The highest BCUT2D eigenvalue weighted by molar-refractivity contribution is 4.86. The van der Waals surface area contributed by atoms with Crippen molar-refractivity contribution in [3.63, 3.8) is 0 Å². The van der Waals surface area contributed by atoms with Gasteiger partial charge in [-0.25, -0.2) is 0 Å². The van der Waals surface area contributed by atoms with Crippen LogP contribution in [0.2, 0.25) is 0 Å². The summed E-state index contributed by atoms with van der Waals surface area (Å²) in [5.41, 5.74) is 0. The van der Waals surface area contributed by atoms with Crippen molar-refractivity contribution in [2.24, 2.45) is 0 Å². The fourth-order valence-corrected chi connectivity index (χ4v) is 4.51. The first-order chi connectivity index (χ1) is 9.86. The monoisotopic (exact) mass is 279 g/mol. The minimum atomic E-state index is 0.881. The molecule has 20 heavy (non-hydrogen) atoms. The third kappa shape index (κ3) is 3.55. The maximum Gasteiger partial charge on any atom is 0.0121 e. The Morgan fingerprint density at radius 3 is 1.65 bits per heavy atom. The Bertz CT molecular complexity index is 272. The predicted octanol–water partition coefficient (Wildman–Crippen LogP) is 2.42. The van der Waals surface area contributed by atoms with Gasteiger partial charge in [0.2, 0.25) is 0 Å². The first-order valence-electron chi connectivity index (χ1n) is 9.07. The maximum absolute atomic E-state index is 2.80. The van der Waals surface area contributed by atoms with E-state index in [-0.39, 0.29) is 0 Å². The summed E-state index contributed by atoms with van der Waals surface area (Å²) in [5.74, 6) is 0. The molecule has 0 aromatic carbocycles. The first-order valence-corrected chi connectivity index (χ1v) is 9.07. The van der Waals surface area contributed by atoms with Crippen LogP contribution in [0.4, 0.5) is 0 Å². The molecule has 0 bridgehead atoms. The number of nitrogens with zero attached hydrogens (tertiary/aromatic N) is 3. The van der Waals surface area contributed by atoms with Gasteiger partial charge in [0.1, 0.15) is 0 Å². The smallest absolute Gasteiger partial charge is 0.0121 e. The molecule has 3 nitrogen and oxygen atoms in total. The van der Waals surface area contributed by atoms with Gasteiger partial charge >= 0.3 is 0 Å². The van der Waals surface area contributed by atoms with Crippen LogP contribution in [-0.2, 0) is 0 Å². The second-order valence-electron chi connectivity index (χ2n) is 7.03. The number of piperidine rings is 1. The van der Waals surface area contributed by atoms with E-state index in [2.05, 4.69) is 21.6 Å². The molecule has 3 aliphatic rings. The molecule has 0 radical (unpaired) electrons. The van der Waals surface area contributed by atoms with Gasteiger partial charge in [0.25, 0.3) is 0 Å². The lowest BCUT2D eigenvalue weighted by atomic mass is 9.93. The molecule has 1 saturated carbocycles. The van der Waals surface area contributed by atoms with E-state index in [1.54, 1.807) is 0 Å². The van der Waals surface area contributed by atoms with Gasteiger partial charge in [-0.3, -0.25) is 9.80 Å². The van der Waals surface area contributed by atoms with Crippen molar-refractivity contribution >= 4 is 0 Å². The number of piperazine rings is 1. The molecule has 2 heterocycles. The summed E-state index contributed by atoms with van der Waals surface area (Å²) in [7, 11) is 0. The van der Waals surface area contributed by atoms with E-state index in [0.717, 1.165) is 12.1 Å². The summed E-state index contributed by atoms with van der Waals surface area (Å²) in [6.07, 6.45) is 10.2. The summed E-state index contributed by atoms with van der Waals surface area (Å²) in [6.45, 7) is 11.5. The molecule has 0 spiro atoms. The van der Waals surface area contributed by atoms with E-state index < -0.39 is 0 Å². The highest BCUT2D eigenvalue weighted by atomic mass is 15.3. The first kappa shape index (κ1) is 14.8. The van der Waals surface area contributed by atoms with Crippen LogP contribution in [-0.4, -0.2) is 72.6 Å². The van der Waals surface area contributed by atoms with E-state index in [1.165, 1.54) is 90.8 Å². The van der Waals surface area contributed by atoms with E-state index in [1.807, 2.05) is 0 Å². The molecule has 2 aliphatic heterocycles. The molecule has 0 atom stereocenters. The molecule has 3 fully saturated rings. The Hall–Kier alpha value is -0.120. The molecule has 0 N–H and O–H groups in total. The highest BCUT2D eigenvalue weighted by Crippen LogP contribution is 2.25. The van der Waals surface area contributed by atoms with Crippen molar-refractivity contribution in [2.75, 3.05) is 45.8 Å². The average molecular weight is 279 g/mol. The van der Waals surface area contributed by atoms with Gasteiger partial charge in [-0.1, -0.05) is 26.2 Å². The standard InChI is InChI=1S/C17H33N3/c1-2-18-10-8-17(9-11-18)20-14-12-19(13-15-20)16-6-4-3-5-7-16/h16-17H,2-15H2,1H3. The second kappa shape index (κ2) is 7.24. The van der Waals surface area contributed by atoms with Gasteiger partial charge in [0, 0.05) is 38.3 Å². The van der Waals surface area contributed by atoms with Crippen molar-refractivity contribution in [1.82, 2.24) is 14.7 Å². The zero-order valence-corrected chi connectivity index (χ0v) is 13.4. The van der Waals surface area contributed by atoms with E-state index >= 15 is 0 Å². The van der Waals surface area contributed by atoms with Crippen LogP contribution in [0.15, 0.2) is 0 Å². The number of hydrogen-bond donors (Lipinski definition) is 0. The van der Waals surface area contributed by atoms with Crippen molar-refractivity contribution < 1.29 is 0 Å². The number of rotatable bonds is 3. The van der Waals surface area contributed by atoms with E-state index in [0.29, 0.717) is 0 Å². The third-order valence-electron chi connectivity index (χ3n) is 5.96. The molecule has 0 aromatic heterocycles. The van der Waals surface area contributed by atoms with Crippen LogP contribution in [0.1, 0.15) is 51.9 Å². The lowest BCUT2D eigenvalue weighted by Gasteiger charge is -2.45. The maximum atomic E-state index is 2.80. The van der Waals surface area contributed by atoms with Gasteiger partial charge in [0.05, 0.1) is 0 Å². The van der Waals surface area contributed by atoms with Crippen molar-refractivity contribution in [3.05, 3.63) is 0 Å². The van der Waals surface area contributed by atoms with Crippen molar-refractivity contribution in [2.45, 2.75) is 64.0 Å². The van der Waals surface area contributed by atoms with Gasteiger partial charge in [-0.2, -0.15) is 0 Å². The van der Waals surface area contributed by atoms with Crippen LogP contribution in [0.5, 0.6) is 0 Å². The molecule has 3 rings (SSSR count). The molecule has 2 saturated heterocycles. The lowest BCUT2D eigenvalue weighted by molar-refractivity contribution is 0.0355. The minimum Gasteiger partial charge on any atom is -0.303 e. The van der Waals surface area contributed by atoms with Crippen LogP contribution in [0.3, 0.4) is 0 Å². The number of hydrogen-bond acceptors (Lipinski definition) is 3. The summed E-state index contributed by atoms with van der Waals surface area (Å²) < 4.78 is 0. The highest BCUT2D eigenvalue weighted by Gasteiger charge is 2.29. The Balaban J connectivity index is 1.42. The molecule has 0 unspecified atom stereocenters.